The lowest BCUT2D eigenvalue weighted by Crippen LogP contribution is -2.48. The average Bonchev–Trinajstić information content (AvgIpc) is 3.32. The Labute approximate surface area is 206 Å². The van der Waals surface area contributed by atoms with Crippen molar-refractivity contribution in [2.75, 3.05) is 39.5 Å². The molecule has 184 valence electrons. The lowest BCUT2D eigenvalue weighted by Gasteiger charge is -2.40. The van der Waals surface area contributed by atoms with E-state index in [9.17, 15) is 9.59 Å². The van der Waals surface area contributed by atoms with Crippen LogP contribution in [0.2, 0.25) is 0 Å². The molecule has 0 saturated carbocycles. The number of fused-ring (bicyclic) bond motifs is 2. The molecular formula is C25H34N4O4S. The van der Waals surface area contributed by atoms with Gasteiger partial charge in [0.15, 0.2) is 11.5 Å². The van der Waals surface area contributed by atoms with E-state index in [4.69, 9.17) is 21.7 Å². The zero-order chi connectivity index (χ0) is 23.5. The Balaban J connectivity index is 1.02. The van der Waals surface area contributed by atoms with Crippen molar-refractivity contribution in [3.8, 4) is 0 Å². The molecule has 1 atom stereocenters. The Hall–Kier alpha value is -2.26. The van der Waals surface area contributed by atoms with E-state index in [0.717, 1.165) is 45.2 Å². The molecule has 34 heavy (non-hydrogen) atoms. The normalized spacial score (nSPS) is 25.6. The van der Waals surface area contributed by atoms with Crippen molar-refractivity contribution >= 4 is 34.9 Å². The minimum atomic E-state index is -0.471. The summed E-state index contributed by atoms with van der Waals surface area (Å²) in [7, 11) is 0. The fraction of sp³-hybridized carbons (Fsp3) is 0.680. The summed E-state index contributed by atoms with van der Waals surface area (Å²) in [5.74, 6) is 0.941. The first-order chi connectivity index (χ1) is 16.6. The largest absolute Gasteiger partial charge is 0.454 e. The van der Waals surface area contributed by atoms with Gasteiger partial charge in [-0.15, -0.1) is 0 Å². The Morgan fingerprint density at radius 3 is 2.59 bits per heavy atom. The minimum absolute atomic E-state index is 0.0686. The molecule has 2 amide bonds. The van der Waals surface area contributed by atoms with Crippen LogP contribution in [0.25, 0.3) is 0 Å². The lowest BCUT2D eigenvalue weighted by atomic mass is 9.93. The van der Waals surface area contributed by atoms with Crippen LogP contribution in [0.5, 0.6) is 0 Å². The van der Waals surface area contributed by atoms with Crippen molar-refractivity contribution in [1.29, 1.82) is 0 Å². The molecule has 0 aromatic carbocycles. The molecule has 1 unspecified atom stereocenters. The molecule has 4 aliphatic heterocycles. The molecule has 0 bridgehead atoms. The van der Waals surface area contributed by atoms with Crippen LogP contribution in [0.3, 0.4) is 0 Å². The van der Waals surface area contributed by atoms with E-state index in [-0.39, 0.29) is 18.6 Å². The van der Waals surface area contributed by atoms with Crippen molar-refractivity contribution in [3.05, 3.63) is 23.7 Å². The number of hydrogen-bond donors (Lipinski definition) is 0. The molecule has 5 aliphatic rings. The van der Waals surface area contributed by atoms with Gasteiger partial charge < -0.3 is 19.3 Å². The van der Waals surface area contributed by atoms with Crippen molar-refractivity contribution in [1.82, 2.24) is 14.7 Å². The Morgan fingerprint density at radius 2 is 1.79 bits per heavy atom. The van der Waals surface area contributed by atoms with Gasteiger partial charge in [-0.1, -0.05) is 12.8 Å². The quantitative estimate of drug-likeness (QED) is 0.407. The third-order valence-corrected chi connectivity index (χ3v) is 7.88. The summed E-state index contributed by atoms with van der Waals surface area (Å²) in [5.41, 5.74) is 0.616. The van der Waals surface area contributed by atoms with Crippen LogP contribution in [-0.4, -0.2) is 82.9 Å². The number of amides is 2. The second kappa shape index (κ2) is 10.6. The second-order valence-electron chi connectivity index (χ2n) is 9.75. The monoisotopic (exact) mass is 486 g/mol. The maximum absolute atomic E-state index is 13.0. The highest BCUT2D eigenvalue weighted by molar-refractivity contribution is 7.80. The molecular weight excluding hydrogens is 452 g/mol. The number of carbonyl (C=O) groups is 2. The van der Waals surface area contributed by atoms with Crippen LogP contribution in [0.15, 0.2) is 28.7 Å². The summed E-state index contributed by atoms with van der Waals surface area (Å²) in [5, 5.41) is 0.302. The molecule has 3 saturated heterocycles. The van der Waals surface area contributed by atoms with Crippen LogP contribution < -0.4 is 0 Å². The number of piperidine rings is 2. The third kappa shape index (κ3) is 5.05. The van der Waals surface area contributed by atoms with Gasteiger partial charge in [-0.25, -0.2) is 4.99 Å². The molecule has 8 nitrogen and oxygen atoms in total. The summed E-state index contributed by atoms with van der Waals surface area (Å²) in [4.78, 5) is 36.4. The first-order valence-corrected chi connectivity index (χ1v) is 13.2. The standard InChI is InChI=1S/C25H34N4O4S/c30-23(28-13-8-18(9-14-28)27-10-4-2-5-11-27)7-3-1-6-12-29-24(31)19-15-21-22(33-17-32-21)16-20(19)26-25(29)34/h15-16,18-19H,1-14,17H2. The van der Waals surface area contributed by atoms with E-state index in [1.807, 2.05) is 4.90 Å². The molecule has 0 radical (unpaired) electrons. The predicted octanol–water partition coefficient (Wildman–Crippen LogP) is 2.99. The highest BCUT2D eigenvalue weighted by atomic mass is 32.1. The molecule has 4 heterocycles. The highest BCUT2D eigenvalue weighted by Crippen LogP contribution is 2.31. The molecule has 0 aromatic heterocycles. The van der Waals surface area contributed by atoms with Gasteiger partial charge in [-0.05, 0) is 69.9 Å². The van der Waals surface area contributed by atoms with Crippen LogP contribution in [0.1, 0.15) is 57.8 Å². The van der Waals surface area contributed by atoms with Gasteiger partial charge in [0.05, 0.1) is 5.71 Å². The number of aliphatic imine (C=N–C) groups is 1. The van der Waals surface area contributed by atoms with Gasteiger partial charge in [0, 0.05) is 38.2 Å². The van der Waals surface area contributed by atoms with Gasteiger partial charge in [0.25, 0.3) is 0 Å². The fourth-order valence-electron chi connectivity index (χ4n) is 5.59. The van der Waals surface area contributed by atoms with Crippen molar-refractivity contribution in [2.24, 2.45) is 10.9 Å². The SMILES string of the molecule is O=C(CCCCCN1C(=O)C2C=C3OCOC3=CC2=NC1=S)N1CCC(N2CCCCC2)CC1. The van der Waals surface area contributed by atoms with Crippen LogP contribution in [0.4, 0.5) is 0 Å². The smallest absolute Gasteiger partial charge is 0.241 e. The van der Waals surface area contributed by atoms with Crippen LogP contribution in [0, 0.1) is 5.92 Å². The Kier molecular flexibility index (Phi) is 7.29. The van der Waals surface area contributed by atoms with Crippen molar-refractivity contribution in [2.45, 2.75) is 63.8 Å². The number of unbranched alkanes of at least 4 members (excludes halogenated alkanes) is 2. The highest BCUT2D eigenvalue weighted by Gasteiger charge is 2.38. The van der Waals surface area contributed by atoms with Crippen molar-refractivity contribution in [3.63, 3.8) is 0 Å². The molecule has 9 heteroatoms. The third-order valence-electron chi connectivity index (χ3n) is 7.57. The molecule has 5 rings (SSSR count). The van der Waals surface area contributed by atoms with E-state index < -0.39 is 5.92 Å². The summed E-state index contributed by atoms with van der Waals surface area (Å²) in [6, 6.07) is 0.660. The summed E-state index contributed by atoms with van der Waals surface area (Å²) >= 11 is 5.39. The minimum Gasteiger partial charge on any atom is -0.454 e. The molecule has 0 N–H and O–H groups in total. The number of thiocarbonyl (C=S) groups is 1. The zero-order valence-corrected chi connectivity index (χ0v) is 20.6. The number of nitrogens with zero attached hydrogens (tertiary/aromatic N) is 4. The number of allylic oxidation sites excluding steroid dienone is 1. The fourth-order valence-corrected chi connectivity index (χ4v) is 5.87. The Morgan fingerprint density at radius 1 is 1.03 bits per heavy atom. The van der Waals surface area contributed by atoms with E-state index in [1.165, 1.54) is 32.4 Å². The van der Waals surface area contributed by atoms with E-state index >= 15 is 0 Å². The number of hydrogen-bond acceptors (Lipinski definition) is 6. The number of rotatable bonds is 7. The number of likely N-dealkylation sites (tertiary alicyclic amines) is 2. The first-order valence-electron chi connectivity index (χ1n) is 12.8. The lowest BCUT2D eigenvalue weighted by molar-refractivity contribution is -0.133. The van der Waals surface area contributed by atoms with Crippen molar-refractivity contribution < 1.29 is 19.1 Å². The molecule has 1 aliphatic carbocycles. The van der Waals surface area contributed by atoms with Gasteiger partial charge in [0.2, 0.25) is 23.7 Å². The zero-order valence-electron chi connectivity index (χ0n) is 19.7. The van der Waals surface area contributed by atoms with Gasteiger partial charge in [0.1, 0.15) is 5.92 Å². The molecule has 0 aromatic rings. The van der Waals surface area contributed by atoms with Gasteiger partial charge in [-0.3, -0.25) is 14.5 Å². The Bertz CT molecular complexity index is 916. The first kappa shape index (κ1) is 23.5. The molecule has 0 spiro atoms. The predicted molar refractivity (Wildman–Crippen MR) is 132 cm³/mol. The van der Waals surface area contributed by atoms with Crippen LogP contribution in [-0.2, 0) is 19.1 Å². The average molecular weight is 487 g/mol. The van der Waals surface area contributed by atoms with E-state index in [2.05, 4.69) is 9.89 Å². The van der Waals surface area contributed by atoms with E-state index in [1.54, 1.807) is 17.1 Å². The second-order valence-corrected chi connectivity index (χ2v) is 10.1. The number of ether oxygens (including phenoxy) is 2. The maximum Gasteiger partial charge on any atom is 0.241 e. The summed E-state index contributed by atoms with van der Waals surface area (Å²) < 4.78 is 10.8. The van der Waals surface area contributed by atoms with Crippen LogP contribution >= 0.6 is 12.2 Å². The molecule has 3 fully saturated rings. The number of carbonyl (C=O) groups excluding carboxylic acids is 2. The summed E-state index contributed by atoms with van der Waals surface area (Å²) in [6.07, 6.45) is 12.8. The summed E-state index contributed by atoms with van der Waals surface area (Å²) in [6.45, 7) is 4.92. The van der Waals surface area contributed by atoms with Gasteiger partial charge in [-0.2, -0.15) is 0 Å². The topological polar surface area (TPSA) is 74.7 Å². The van der Waals surface area contributed by atoms with Gasteiger partial charge >= 0.3 is 0 Å². The van der Waals surface area contributed by atoms with E-state index in [0.29, 0.717) is 41.3 Å². The maximum atomic E-state index is 13.0.